The van der Waals surface area contributed by atoms with Gasteiger partial charge in [0.2, 0.25) is 6.79 Å². The summed E-state index contributed by atoms with van der Waals surface area (Å²) in [6.07, 6.45) is 0.859. The van der Waals surface area contributed by atoms with Crippen molar-refractivity contribution in [1.82, 2.24) is 4.90 Å². The fourth-order valence-electron chi connectivity index (χ4n) is 2.25. The number of carbonyl (C=O) groups excluding carboxylic acids is 1. The van der Waals surface area contributed by atoms with Gasteiger partial charge in [-0.3, -0.25) is 4.79 Å². The van der Waals surface area contributed by atoms with Crippen LogP contribution < -0.4 is 15.2 Å². The van der Waals surface area contributed by atoms with Crippen molar-refractivity contribution in [3.05, 3.63) is 22.2 Å². The van der Waals surface area contributed by atoms with Crippen molar-refractivity contribution in [1.29, 1.82) is 0 Å². The van der Waals surface area contributed by atoms with E-state index in [0.717, 1.165) is 10.9 Å². The molecule has 5 nitrogen and oxygen atoms in total. The molecule has 2 N–H and O–H groups in total. The first-order valence-corrected chi connectivity index (χ1v) is 6.58. The Labute approximate surface area is 113 Å². The average molecular weight is 313 g/mol. The van der Waals surface area contributed by atoms with Crippen molar-refractivity contribution in [2.45, 2.75) is 12.5 Å². The Bertz CT molecular complexity index is 506. The van der Waals surface area contributed by atoms with Gasteiger partial charge in [0.05, 0.1) is 4.47 Å². The van der Waals surface area contributed by atoms with Gasteiger partial charge in [-0.1, -0.05) is 0 Å². The van der Waals surface area contributed by atoms with Crippen molar-refractivity contribution in [3.8, 4) is 11.5 Å². The Kier molecular flexibility index (Phi) is 2.91. The number of hydrogen-bond acceptors (Lipinski definition) is 4. The number of likely N-dealkylation sites (tertiary alicyclic amines) is 1. The third-order valence-electron chi connectivity index (χ3n) is 3.19. The lowest BCUT2D eigenvalue weighted by atomic mass is 10.2. The SMILES string of the molecule is N[C@@H]1CCN(C(=O)c2cc(Br)c3c(c2)OCO3)C1. The second-order valence-corrected chi connectivity index (χ2v) is 5.35. The number of ether oxygens (including phenoxy) is 2. The maximum absolute atomic E-state index is 12.3. The smallest absolute Gasteiger partial charge is 0.254 e. The summed E-state index contributed by atoms with van der Waals surface area (Å²) in [5, 5.41) is 0. The molecule has 0 spiro atoms. The third kappa shape index (κ3) is 1.95. The monoisotopic (exact) mass is 312 g/mol. The summed E-state index contributed by atoms with van der Waals surface area (Å²) in [6.45, 7) is 1.52. The molecule has 0 aromatic heterocycles. The summed E-state index contributed by atoms with van der Waals surface area (Å²) >= 11 is 3.39. The minimum absolute atomic E-state index is 0.0121. The Morgan fingerprint density at radius 3 is 3.00 bits per heavy atom. The van der Waals surface area contributed by atoms with Crippen LogP contribution in [0.4, 0.5) is 0 Å². The van der Waals surface area contributed by atoms with E-state index in [9.17, 15) is 4.79 Å². The van der Waals surface area contributed by atoms with Gasteiger partial charge in [0.1, 0.15) is 0 Å². The molecule has 18 heavy (non-hydrogen) atoms. The number of carbonyl (C=O) groups is 1. The van der Waals surface area contributed by atoms with Gasteiger partial charge in [-0.2, -0.15) is 0 Å². The van der Waals surface area contributed by atoms with Gasteiger partial charge < -0.3 is 20.1 Å². The molecular weight excluding hydrogens is 300 g/mol. The maximum Gasteiger partial charge on any atom is 0.254 e. The topological polar surface area (TPSA) is 64.8 Å². The number of nitrogens with two attached hydrogens (primary N) is 1. The Balaban J connectivity index is 1.88. The summed E-state index contributed by atoms with van der Waals surface area (Å²) in [5.41, 5.74) is 6.41. The van der Waals surface area contributed by atoms with Gasteiger partial charge in [-0.05, 0) is 34.5 Å². The zero-order valence-corrected chi connectivity index (χ0v) is 11.3. The normalized spacial score (nSPS) is 21.4. The molecule has 1 fully saturated rings. The Morgan fingerprint density at radius 1 is 1.44 bits per heavy atom. The Morgan fingerprint density at radius 2 is 2.28 bits per heavy atom. The van der Waals surface area contributed by atoms with Gasteiger partial charge >= 0.3 is 0 Å². The molecule has 1 aromatic rings. The molecule has 1 saturated heterocycles. The van der Waals surface area contributed by atoms with Crippen molar-refractivity contribution in [2.75, 3.05) is 19.9 Å². The third-order valence-corrected chi connectivity index (χ3v) is 3.78. The van der Waals surface area contributed by atoms with Crippen LogP contribution in [0.5, 0.6) is 11.5 Å². The molecule has 2 aliphatic rings. The lowest BCUT2D eigenvalue weighted by Gasteiger charge is -2.16. The molecule has 0 saturated carbocycles. The number of halogens is 1. The van der Waals surface area contributed by atoms with Crippen LogP contribution in [-0.4, -0.2) is 36.7 Å². The average Bonchev–Trinajstić information content (AvgIpc) is 2.96. The molecule has 1 amide bonds. The van der Waals surface area contributed by atoms with E-state index in [1.807, 2.05) is 0 Å². The van der Waals surface area contributed by atoms with E-state index >= 15 is 0 Å². The molecule has 2 heterocycles. The van der Waals surface area contributed by atoms with Crippen molar-refractivity contribution in [2.24, 2.45) is 5.73 Å². The molecule has 1 aromatic carbocycles. The highest BCUT2D eigenvalue weighted by Crippen LogP contribution is 2.40. The minimum Gasteiger partial charge on any atom is -0.454 e. The van der Waals surface area contributed by atoms with Crippen LogP contribution in [0.3, 0.4) is 0 Å². The molecule has 6 heteroatoms. The predicted molar refractivity (Wildman–Crippen MR) is 68.8 cm³/mol. The first-order chi connectivity index (χ1) is 8.65. The van der Waals surface area contributed by atoms with Gasteiger partial charge in [0, 0.05) is 24.7 Å². The van der Waals surface area contributed by atoms with Crippen LogP contribution in [0.15, 0.2) is 16.6 Å². The fraction of sp³-hybridized carbons (Fsp3) is 0.417. The molecule has 2 aliphatic heterocycles. The second kappa shape index (κ2) is 4.44. The first-order valence-electron chi connectivity index (χ1n) is 5.79. The molecular formula is C12H13BrN2O3. The number of benzene rings is 1. The molecule has 96 valence electrons. The first kappa shape index (κ1) is 11.8. The summed E-state index contributed by atoms with van der Waals surface area (Å²) in [6, 6.07) is 3.57. The van der Waals surface area contributed by atoms with Crippen LogP contribution in [0.2, 0.25) is 0 Å². The summed E-state index contributed by atoms with van der Waals surface area (Å²) in [4.78, 5) is 14.1. The van der Waals surface area contributed by atoms with Crippen molar-refractivity contribution < 1.29 is 14.3 Å². The summed E-state index contributed by atoms with van der Waals surface area (Å²) in [7, 11) is 0. The zero-order chi connectivity index (χ0) is 12.7. The molecule has 0 unspecified atom stereocenters. The van der Waals surface area contributed by atoms with E-state index < -0.39 is 0 Å². The Hall–Kier alpha value is -1.27. The van der Waals surface area contributed by atoms with Crippen LogP contribution in [-0.2, 0) is 0 Å². The van der Waals surface area contributed by atoms with Crippen LogP contribution in [0, 0.1) is 0 Å². The van der Waals surface area contributed by atoms with Gasteiger partial charge in [-0.25, -0.2) is 0 Å². The van der Waals surface area contributed by atoms with Gasteiger partial charge in [0.25, 0.3) is 5.91 Å². The van der Waals surface area contributed by atoms with E-state index in [4.69, 9.17) is 15.2 Å². The molecule has 0 radical (unpaired) electrons. The van der Waals surface area contributed by atoms with E-state index in [1.165, 1.54) is 0 Å². The second-order valence-electron chi connectivity index (χ2n) is 4.49. The predicted octanol–water partition coefficient (Wildman–Crippen LogP) is 1.35. The van der Waals surface area contributed by atoms with Crippen molar-refractivity contribution >= 4 is 21.8 Å². The number of hydrogen-bond donors (Lipinski definition) is 1. The van der Waals surface area contributed by atoms with E-state index in [0.29, 0.717) is 30.2 Å². The van der Waals surface area contributed by atoms with E-state index in [2.05, 4.69) is 15.9 Å². The summed E-state index contributed by atoms with van der Waals surface area (Å²) < 4.78 is 11.3. The van der Waals surface area contributed by atoms with E-state index in [-0.39, 0.29) is 18.7 Å². The maximum atomic E-state index is 12.3. The van der Waals surface area contributed by atoms with Crippen LogP contribution >= 0.6 is 15.9 Å². The highest BCUT2D eigenvalue weighted by atomic mass is 79.9. The van der Waals surface area contributed by atoms with Gasteiger partial charge in [-0.15, -0.1) is 0 Å². The highest BCUT2D eigenvalue weighted by Gasteiger charge is 2.27. The standard InChI is InChI=1S/C12H13BrN2O3/c13-9-3-7(4-10-11(9)18-6-17-10)12(16)15-2-1-8(14)5-15/h3-4,8H,1-2,5-6,14H2/t8-/m1/s1. The summed E-state index contributed by atoms with van der Waals surface area (Å²) in [5.74, 6) is 1.25. The molecule has 0 bridgehead atoms. The van der Waals surface area contributed by atoms with Crippen LogP contribution in [0.1, 0.15) is 16.8 Å². The highest BCUT2D eigenvalue weighted by molar-refractivity contribution is 9.10. The molecule has 3 rings (SSSR count). The fourth-order valence-corrected chi connectivity index (χ4v) is 2.80. The molecule has 0 aliphatic carbocycles. The number of fused-ring (bicyclic) bond motifs is 1. The molecule has 1 atom stereocenters. The van der Waals surface area contributed by atoms with E-state index in [1.54, 1.807) is 17.0 Å². The minimum atomic E-state index is -0.0121. The lowest BCUT2D eigenvalue weighted by Crippen LogP contribution is -2.31. The van der Waals surface area contributed by atoms with Crippen molar-refractivity contribution in [3.63, 3.8) is 0 Å². The number of rotatable bonds is 1. The van der Waals surface area contributed by atoms with Gasteiger partial charge in [0.15, 0.2) is 11.5 Å². The van der Waals surface area contributed by atoms with Crippen LogP contribution in [0.25, 0.3) is 0 Å². The lowest BCUT2D eigenvalue weighted by molar-refractivity contribution is 0.0790. The largest absolute Gasteiger partial charge is 0.454 e. The number of amides is 1. The quantitative estimate of drug-likeness (QED) is 0.850. The number of nitrogens with zero attached hydrogens (tertiary/aromatic N) is 1. The zero-order valence-electron chi connectivity index (χ0n) is 9.69.